The van der Waals surface area contributed by atoms with Gasteiger partial charge in [0.05, 0.1) is 11.9 Å². The minimum absolute atomic E-state index is 0.00617. The topological polar surface area (TPSA) is 56.8 Å². The number of hydrogen-bond donors (Lipinski definition) is 2. The highest BCUT2D eigenvalue weighted by Crippen LogP contribution is 2.28. The van der Waals surface area contributed by atoms with Crippen LogP contribution in [0.3, 0.4) is 0 Å². The third-order valence-corrected chi connectivity index (χ3v) is 5.32. The molecular weight excluding hydrogens is 318 g/mol. The molecule has 0 aromatic carbocycles. The molecule has 1 aliphatic rings. The Kier molecular flexibility index (Phi) is 4.46. The quantitative estimate of drug-likeness (QED) is 0.736. The molecule has 24 heavy (non-hydrogen) atoms. The number of nitrogens with one attached hydrogen (secondary N) is 2. The zero-order valence-electron chi connectivity index (χ0n) is 13.5. The fraction of sp³-hybridized carbons (Fsp3) is 0.333. The molecule has 124 valence electrons. The van der Waals surface area contributed by atoms with Gasteiger partial charge in [-0.05, 0) is 42.8 Å². The summed E-state index contributed by atoms with van der Waals surface area (Å²) in [5, 5.41) is 5.58. The summed E-state index contributed by atoms with van der Waals surface area (Å²) in [7, 11) is 0. The molecule has 3 aromatic heterocycles. The second-order valence-electron chi connectivity index (χ2n) is 6.02. The number of hydrogen-bond acceptors (Lipinski definition) is 5. The summed E-state index contributed by atoms with van der Waals surface area (Å²) in [5.74, 6) is 1.77. The molecule has 0 amide bonds. The third-order valence-electron chi connectivity index (χ3n) is 4.38. The summed E-state index contributed by atoms with van der Waals surface area (Å²) in [4.78, 5) is 15.9. The first-order valence-corrected chi connectivity index (χ1v) is 9.28. The second kappa shape index (κ2) is 7.05. The van der Waals surface area contributed by atoms with Crippen molar-refractivity contribution >= 4 is 22.8 Å². The molecule has 0 saturated carbocycles. The number of rotatable bonds is 5. The van der Waals surface area contributed by atoms with E-state index in [1.165, 1.54) is 29.8 Å². The standard InChI is InChI=1S/C18H21N5S/c1-2-10-23(11-3-1)14-6-7-16(21-13-14)22-17(15-5-4-12-24-15)18-19-8-9-20-18/h4-9,12-13,17H,1-3,10-11H2,(H,19,20)(H,21,22). The lowest BCUT2D eigenvalue weighted by molar-refractivity contribution is 0.577. The van der Waals surface area contributed by atoms with Crippen molar-refractivity contribution in [2.75, 3.05) is 23.3 Å². The first-order valence-electron chi connectivity index (χ1n) is 8.40. The number of piperidine rings is 1. The lowest BCUT2D eigenvalue weighted by Crippen LogP contribution is -2.29. The normalized spacial score (nSPS) is 16.1. The van der Waals surface area contributed by atoms with E-state index in [1.807, 2.05) is 12.4 Å². The number of aromatic amines is 1. The van der Waals surface area contributed by atoms with Crippen LogP contribution in [0.4, 0.5) is 11.5 Å². The van der Waals surface area contributed by atoms with E-state index in [2.05, 4.69) is 54.8 Å². The molecular formula is C18H21N5S. The molecule has 0 aliphatic carbocycles. The summed E-state index contributed by atoms with van der Waals surface area (Å²) in [6.07, 6.45) is 9.50. The molecule has 0 spiro atoms. The van der Waals surface area contributed by atoms with E-state index in [9.17, 15) is 0 Å². The number of aromatic nitrogens is 3. The molecule has 0 bridgehead atoms. The van der Waals surface area contributed by atoms with Gasteiger partial charge < -0.3 is 15.2 Å². The molecule has 1 fully saturated rings. The van der Waals surface area contributed by atoms with E-state index in [1.54, 1.807) is 17.5 Å². The highest BCUT2D eigenvalue weighted by molar-refractivity contribution is 7.10. The SMILES string of the molecule is c1csc(C(Nc2ccc(N3CCCCC3)cn2)c2ncc[nH]2)c1. The first kappa shape index (κ1) is 15.2. The van der Waals surface area contributed by atoms with Crippen molar-refractivity contribution < 1.29 is 0 Å². The minimum atomic E-state index is -0.00617. The van der Waals surface area contributed by atoms with Gasteiger partial charge in [-0.3, -0.25) is 0 Å². The Labute approximate surface area is 145 Å². The molecule has 0 radical (unpaired) electrons. The lowest BCUT2D eigenvalue weighted by atomic mass is 10.1. The molecule has 1 aliphatic heterocycles. The summed E-state index contributed by atoms with van der Waals surface area (Å²) in [6.45, 7) is 2.28. The highest BCUT2D eigenvalue weighted by Gasteiger charge is 2.18. The van der Waals surface area contributed by atoms with Crippen LogP contribution in [0, 0.1) is 0 Å². The van der Waals surface area contributed by atoms with E-state index >= 15 is 0 Å². The van der Waals surface area contributed by atoms with Crippen molar-refractivity contribution in [3.63, 3.8) is 0 Å². The zero-order chi connectivity index (χ0) is 16.2. The van der Waals surface area contributed by atoms with Crippen LogP contribution >= 0.6 is 11.3 Å². The molecule has 4 heterocycles. The van der Waals surface area contributed by atoms with Crippen LogP contribution in [0.5, 0.6) is 0 Å². The average Bonchev–Trinajstić information content (AvgIpc) is 3.35. The van der Waals surface area contributed by atoms with Crippen LogP contribution in [0.1, 0.15) is 36.0 Å². The molecule has 4 rings (SSSR count). The van der Waals surface area contributed by atoms with E-state index in [0.717, 1.165) is 24.7 Å². The van der Waals surface area contributed by atoms with Crippen molar-refractivity contribution in [1.29, 1.82) is 0 Å². The Morgan fingerprint density at radius 1 is 1.12 bits per heavy atom. The molecule has 1 unspecified atom stereocenters. The second-order valence-corrected chi connectivity index (χ2v) is 7.00. The van der Waals surface area contributed by atoms with Crippen molar-refractivity contribution in [3.8, 4) is 0 Å². The molecule has 3 aromatic rings. The molecule has 1 saturated heterocycles. The maximum absolute atomic E-state index is 4.62. The fourth-order valence-electron chi connectivity index (χ4n) is 3.12. The molecule has 2 N–H and O–H groups in total. The number of anilines is 2. The number of imidazole rings is 1. The van der Waals surface area contributed by atoms with Crippen LogP contribution in [0.15, 0.2) is 48.2 Å². The lowest BCUT2D eigenvalue weighted by Gasteiger charge is -2.28. The molecule has 1 atom stereocenters. The summed E-state index contributed by atoms with van der Waals surface area (Å²) >= 11 is 1.72. The van der Waals surface area contributed by atoms with Gasteiger partial charge in [-0.15, -0.1) is 11.3 Å². The average molecular weight is 339 g/mol. The van der Waals surface area contributed by atoms with Gasteiger partial charge in [0, 0.05) is 30.4 Å². The van der Waals surface area contributed by atoms with Crippen molar-refractivity contribution in [2.24, 2.45) is 0 Å². The van der Waals surface area contributed by atoms with E-state index in [4.69, 9.17) is 0 Å². The number of pyridine rings is 1. The van der Waals surface area contributed by atoms with Crippen LogP contribution in [-0.2, 0) is 0 Å². The molecule has 5 nitrogen and oxygen atoms in total. The van der Waals surface area contributed by atoms with Gasteiger partial charge in [0.1, 0.15) is 17.7 Å². The maximum atomic E-state index is 4.62. The van der Waals surface area contributed by atoms with Gasteiger partial charge in [0.15, 0.2) is 0 Å². The third kappa shape index (κ3) is 3.28. The van der Waals surface area contributed by atoms with E-state index in [0.29, 0.717) is 0 Å². The predicted octanol–water partition coefficient (Wildman–Crippen LogP) is 4.06. The van der Waals surface area contributed by atoms with Crippen molar-refractivity contribution in [2.45, 2.75) is 25.3 Å². The zero-order valence-corrected chi connectivity index (χ0v) is 14.3. The number of H-pyrrole nitrogens is 1. The van der Waals surface area contributed by atoms with Crippen LogP contribution < -0.4 is 10.2 Å². The summed E-state index contributed by atoms with van der Waals surface area (Å²) < 4.78 is 0. The van der Waals surface area contributed by atoms with Gasteiger partial charge in [-0.25, -0.2) is 9.97 Å². The Balaban J connectivity index is 1.52. The van der Waals surface area contributed by atoms with Gasteiger partial charge in [-0.2, -0.15) is 0 Å². The van der Waals surface area contributed by atoms with Gasteiger partial charge in [-0.1, -0.05) is 6.07 Å². The largest absolute Gasteiger partial charge is 0.370 e. The number of thiophene rings is 1. The Morgan fingerprint density at radius 2 is 2.04 bits per heavy atom. The van der Waals surface area contributed by atoms with Crippen molar-refractivity contribution in [3.05, 3.63) is 58.9 Å². The predicted molar refractivity (Wildman–Crippen MR) is 98.7 cm³/mol. The maximum Gasteiger partial charge on any atom is 0.134 e. The Bertz CT molecular complexity index is 696. The molecule has 6 heteroatoms. The van der Waals surface area contributed by atoms with Crippen LogP contribution in [0.25, 0.3) is 0 Å². The van der Waals surface area contributed by atoms with Gasteiger partial charge in [0.2, 0.25) is 0 Å². The highest BCUT2D eigenvalue weighted by atomic mass is 32.1. The van der Waals surface area contributed by atoms with E-state index in [-0.39, 0.29) is 6.04 Å². The summed E-state index contributed by atoms with van der Waals surface area (Å²) in [5.41, 5.74) is 1.21. The van der Waals surface area contributed by atoms with Gasteiger partial charge >= 0.3 is 0 Å². The van der Waals surface area contributed by atoms with Crippen LogP contribution in [-0.4, -0.2) is 28.0 Å². The Morgan fingerprint density at radius 3 is 2.71 bits per heavy atom. The van der Waals surface area contributed by atoms with Crippen molar-refractivity contribution in [1.82, 2.24) is 15.0 Å². The van der Waals surface area contributed by atoms with E-state index < -0.39 is 0 Å². The summed E-state index contributed by atoms with van der Waals surface area (Å²) in [6, 6.07) is 8.40. The van der Waals surface area contributed by atoms with Gasteiger partial charge in [0.25, 0.3) is 0 Å². The van der Waals surface area contributed by atoms with Crippen LogP contribution in [0.2, 0.25) is 0 Å². The number of nitrogens with zero attached hydrogens (tertiary/aromatic N) is 3. The smallest absolute Gasteiger partial charge is 0.134 e. The first-order chi connectivity index (χ1) is 11.9. The monoisotopic (exact) mass is 339 g/mol. The minimum Gasteiger partial charge on any atom is -0.370 e. The fourth-order valence-corrected chi connectivity index (χ4v) is 3.90. The Hall–Kier alpha value is -2.34.